The number of nitrogens with one attached hydrogen (secondary N) is 3. The number of benzene rings is 2. The summed E-state index contributed by atoms with van der Waals surface area (Å²) in [4.78, 5) is 13.8. The van der Waals surface area contributed by atoms with Crippen LogP contribution in [0, 0.1) is 23.7 Å². The van der Waals surface area contributed by atoms with Gasteiger partial charge in [-0.3, -0.25) is 4.57 Å². The molecule has 14 heteroatoms. The summed E-state index contributed by atoms with van der Waals surface area (Å²) in [6.45, 7) is 21.2. The summed E-state index contributed by atoms with van der Waals surface area (Å²) in [5.41, 5.74) is 7.75. The molecule has 60 heavy (non-hydrogen) atoms. The molecule has 2 unspecified atom stereocenters. The van der Waals surface area contributed by atoms with Crippen LogP contribution < -0.4 is 46.1 Å². The fourth-order valence-electron chi connectivity index (χ4n) is 6.54. The minimum Gasteiger partial charge on any atom is -0.495 e. The van der Waals surface area contributed by atoms with Gasteiger partial charge in [-0.1, -0.05) is 23.7 Å². The molecule has 12 nitrogen and oxygen atoms in total. The molecule has 2 heterocycles. The normalized spacial score (nSPS) is 12.3. The Morgan fingerprint density at radius 2 is 1.08 bits per heavy atom. The van der Waals surface area contributed by atoms with Crippen LogP contribution in [0.15, 0.2) is 60.7 Å². The van der Waals surface area contributed by atoms with E-state index >= 15 is 0 Å². The van der Waals surface area contributed by atoms with Crippen LogP contribution in [0.1, 0.15) is 68.3 Å². The second kappa shape index (κ2) is 24.6. The van der Waals surface area contributed by atoms with Crippen molar-refractivity contribution in [3.63, 3.8) is 0 Å². The molecule has 0 aliphatic rings. The number of ether oxygens (including phenoxy) is 2. The molecule has 0 amide bonds. The zero-order chi connectivity index (χ0) is 43.5. The van der Waals surface area contributed by atoms with Crippen molar-refractivity contribution in [2.75, 3.05) is 96.3 Å². The number of rotatable bonds is 22. The molecule has 4 aromatic rings. The maximum atomic E-state index is 13.4. The van der Waals surface area contributed by atoms with E-state index in [1.807, 2.05) is 55.5 Å². The maximum Gasteiger partial charge on any atom is 0.247 e. The van der Waals surface area contributed by atoms with Crippen molar-refractivity contribution in [3.05, 3.63) is 94.3 Å². The number of methoxy groups -OCH3 is 2. The molecule has 4 rings (SSSR count). The smallest absolute Gasteiger partial charge is 0.247 e. The van der Waals surface area contributed by atoms with Crippen molar-refractivity contribution < 1.29 is 23.1 Å². The average Bonchev–Trinajstić information content (AvgIpc) is 3.25. The summed E-state index contributed by atoms with van der Waals surface area (Å²) in [7, 11) is -1.79. The van der Waals surface area contributed by atoms with Gasteiger partial charge in [-0.15, -0.1) is 0 Å². The van der Waals surface area contributed by atoms with Crippen molar-refractivity contribution in [1.82, 2.24) is 25.9 Å². The molecule has 2 atom stereocenters. The fourth-order valence-corrected chi connectivity index (χ4v) is 8.51. The highest BCUT2D eigenvalue weighted by Gasteiger charge is 2.22. The number of hydrogen-bond donors (Lipinski definition) is 3. The fraction of sp³-hybridized carbons (Fsp3) is 0.435. The summed E-state index contributed by atoms with van der Waals surface area (Å²) in [5, 5.41) is 10.3. The summed E-state index contributed by atoms with van der Waals surface area (Å²) < 4.78 is 42.8. The van der Waals surface area contributed by atoms with E-state index in [2.05, 4.69) is 88.2 Å². The van der Waals surface area contributed by atoms with E-state index in [1.165, 1.54) is 0 Å². The third-order valence-corrected chi connectivity index (χ3v) is 12.5. The zero-order valence-electron chi connectivity index (χ0n) is 36.8. The van der Waals surface area contributed by atoms with Crippen LogP contribution >= 0.6 is 15.2 Å². The van der Waals surface area contributed by atoms with Gasteiger partial charge in [-0.2, -0.15) is 0 Å². The lowest BCUT2D eigenvalue weighted by Crippen LogP contribution is -2.32. The van der Waals surface area contributed by atoms with Gasteiger partial charge >= 0.3 is 0 Å². The van der Waals surface area contributed by atoms with Gasteiger partial charge in [-0.05, 0) is 102 Å². The van der Waals surface area contributed by atoms with E-state index in [1.54, 1.807) is 33.6 Å². The first-order chi connectivity index (χ1) is 29.0. The Labute approximate surface area is 358 Å². The number of anilines is 2. The highest BCUT2D eigenvalue weighted by Crippen LogP contribution is 2.40. The third kappa shape index (κ3) is 14.2. The van der Waals surface area contributed by atoms with E-state index in [4.69, 9.17) is 19.0 Å². The van der Waals surface area contributed by atoms with Crippen molar-refractivity contribution in [2.24, 2.45) is 0 Å². The SMILES string of the molecule is CCOP(C)(=O)c1cc(C#Cc2ccc(OC)c(N(CC)CC)c2)cc(CNCCNCCNCc2cc(C#Cc3ccc(OC)c(N(CC)CC)c3)cc([PH](C)=O)n2)n1. The molecule has 0 saturated heterocycles. The molecular formula is C46H63N7O5P2. The molecule has 0 bridgehead atoms. The molecule has 3 N–H and O–H groups in total. The van der Waals surface area contributed by atoms with Gasteiger partial charge in [0.1, 0.15) is 24.7 Å². The second-order valence-corrected chi connectivity index (χ2v) is 18.0. The largest absolute Gasteiger partial charge is 0.495 e. The number of nitrogens with zero attached hydrogens (tertiary/aromatic N) is 4. The van der Waals surface area contributed by atoms with Gasteiger partial charge in [0, 0.05) is 94.4 Å². The quantitative estimate of drug-likeness (QED) is 0.0499. The summed E-state index contributed by atoms with van der Waals surface area (Å²) >= 11 is 0. The summed E-state index contributed by atoms with van der Waals surface area (Å²) in [6, 6.07) is 19.4. The first-order valence-corrected chi connectivity index (χ1v) is 24.7. The van der Waals surface area contributed by atoms with E-state index in [-0.39, 0.29) is 0 Å². The highest BCUT2D eigenvalue weighted by atomic mass is 31.2. The number of pyridine rings is 2. The summed E-state index contributed by atoms with van der Waals surface area (Å²) in [5.74, 6) is 14.7. The van der Waals surface area contributed by atoms with Gasteiger partial charge < -0.3 is 44.3 Å². The Morgan fingerprint density at radius 3 is 1.53 bits per heavy atom. The molecule has 0 fully saturated rings. The Morgan fingerprint density at radius 1 is 0.633 bits per heavy atom. The molecular weight excluding hydrogens is 792 g/mol. The van der Waals surface area contributed by atoms with Gasteiger partial charge in [-0.25, -0.2) is 9.97 Å². The topological polar surface area (TPSA) is 130 Å². The highest BCUT2D eigenvalue weighted by molar-refractivity contribution is 7.65. The lowest BCUT2D eigenvalue weighted by Gasteiger charge is -2.23. The van der Waals surface area contributed by atoms with Crippen LogP contribution in [0.2, 0.25) is 0 Å². The molecule has 0 radical (unpaired) electrons. The number of aromatic nitrogens is 2. The predicted octanol–water partition coefficient (Wildman–Crippen LogP) is 5.84. The Balaban J connectivity index is 1.32. The van der Waals surface area contributed by atoms with E-state index < -0.39 is 15.2 Å². The van der Waals surface area contributed by atoms with Gasteiger partial charge in [0.05, 0.1) is 49.0 Å². The first kappa shape index (κ1) is 48.0. The van der Waals surface area contributed by atoms with Gasteiger partial charge in [0.15, 0.2) is 0 Å². The van der Waals surface area contributed by atoms with E-state index in [0.717, 1.165) is 95.8 Å². The van der Waals surface area contributed by atoms with Crippen LogP contribution in [-0.2, 0) is 26.7 Å². The third-order valence-electron chi connectivity index (χ3n) is 9.73. The standard InChI is InChI=1S/C46H63N7O5P2/c1-10-52(11-2)41-29-35(19-21-43(41)56-6)15-17-37-27-39(50-45(31-37)59(8)54)33-48-25-23-47-24-26-49-34-40-28-38(32-46(51-40)60(9,55)58-14-5)18-16-36-20-22-44(57-7)42(30-36)53(12-3)13-4/h19-22,27-32,47-49,59H,10-14,23-26,33-34H2,1-9H3. The lowest BCUT2D eigenvalue weighted by molar-refractivity contribution is 0.344. The molecule has 0 aliphatic carbocycles. The Hall–Kier alpha value is -4.64. The monoisotopic (exact) mass is 855 g/mol. The molecule has 322 valence electrons. The minimum absolute atomic E-state index is 0.322. The van der Waals surface area contributed by atoms with E-state index in [9.17, 15) is 9.13 Å². The lowest BCUT2D eigenvalue weighted by atomic mass is 10.1. The van der Waals surface area contributed by atoms with Crippen molar-refractivity contribution in [2.45, 2.75) is 47.7 Å². The van der Waals surface area contributed by atoms with Crippen molar-refractivity contribution >= 4 is 37.4 Å². The molecule has 2 aromatic heterocycles. The number of hydrogen-bond acceptors (Lipinski definition) is 12. The molecule has 2 aromatic carbocycles. The molecule has 0 aliphatic heterocycles. The van der Waals surface area contributed by atoms with Crippen molar-refractivity contribution in [3.8, 4) is 35.2 Å². The minimum atomic E-state index is -3.13. The Bertz CT molecular complexity index is 2220. The average molecular weight is 856 g/mol. The van der Waals surface area contributed by atoms with Crippen LogP contribution in [0.5, 0.6) is 11.5 Å². The zero-order valence-corrected chi connectivity index (χ0v) is 38.7. The predicted molar refractivity (Wildman–Crippen MR) is 249 cm³/mol. The van der Waals surface area contributed by atoms with Gasteiger partial charge in [0.25, 0.3) is 0 Å². The van der Waals surface area contributed by atoms with Crippen LogP contribution in [0.25, 0.3) is 0 Å². The van der Waals surface area contributed by atoms with Crippen LogP contribution in [0.4, 0.5) is 11.4 Å². The van der Waals surface area contributed by atoms with Crippen molar-refractivity contribution in [1.29, 1.82) is 0 Å². The second-order valence-electron chi connectivity index (χ2n) is 14.0. The maximum absolute atomic E-state index is 13.4. The molecule has 0 saturated carbocycles. The summed E-state index contributed by atoms with van der Waals surface area (Å²) in [6.07, 6.45) is 0. The van der Waals surface area contributed by atoms with Crippen LogP contribution in [0.3, 0.4) is 0 Å². The van der Waals surface area contributed by atoms with E-state index in [0.29, 0.717) is 43.7 Å². The van der Waals surface area contributed by atoms with Crippen LogP contribution in [-0.4, -0.2) is 96.5 Å². The first-order valence-electron chi connectivity index (χ1n) is 20.8. The Kier molecular flexibility index (Phi) is 19.7. The molecule has 0 spiro atoms. The van der Waals surface area contributed by atoms with Gasteiger partial charge in [0.2, 0.25) is 7.37 Å².